The molecule has 1 N–H and O–H groups in total. The van der Waals surface area contributed by atoms with E-state index in [4.69, 9.17) is 5.11 Å². The second kappa shape index (κ2) is 5.02. The van der Waals surface area contributed by atoms with Gasteiger partial charge in [-0.25, -0.2) is 16.8 Å². The highest BCUT2D eigenvalue weighted by Crippen LogP contribution is 2.33. The van der Waals surface area contributed by atoms with Crippen molar-refractivity contribution >= 4 is 25.8 Å². The van der Waals surface area contributed by atoms with Gasteiger partial charge in [-0.3, -0.25) is 4.79 Å². The van der Waals surface area contributed by atoms with Crippen molar-refractivity contribution in [1.82, 2.24) is 4.31 Å². The van der Waals surface area contributed by atoms with E-state index in [1.54, 1.807) is 0 Å². The van der Waals surface area contributed by atoms with Crippen molar-refractivity contribution < 1.29 is 26.7 Å². The average Bonchev–Trinajstić information content (AvgIpc) is 3.01. The first-order valence-corrected chi connectivity index (χ1v) is 9.48. The van der Waals surface area contributed by atoms with Gasteiger partial charge in [0.1, 0.15) is 0 Å². The Morgan fingerprint density at radius 1 is 1.26 bits per heavy atom. The van der Waals surface area contributed by atoms with Gasteiger partial charge in [-0.2, -0.15) is 4.31 Å². The summed E-state index contributed by atoms with van der Waals surface area (Å²) in [6.07, 6.45) is 1.30. The zero-order chi connectivity index (χ0) is 14.3. The highest BCUT2D eigenvalue weighted by atomic mass is 32.2. The molecule has 0 aromatic carbocycles. The predicted octanol–water partition coefficient (Wildman–Crippen LogP) is -0.558. The first kappa shape index (κ1) is 14.7. The Morgan fingerprint density at radius 3 is 2.32 bits per heavy atom. The maximum absolute atomic E-state index is 12.4. The molecule has 7 nitrogen and oxygen atoms in total. The van der Waals surface area contributed by atoms with Crippen LogP contribution in [0.1, 0.15) is 25.7 Å². The summed E-state index contributed by atoms with van der Waals surface area (Å²) in [5.41, 5.74) is 0. The largest absolute Gasteiger partial charge is 0.481 e. The zero-order valence-corrected chi connectivity index (χ0v) is 12.0. The zero-order valence-electron chi connectivity index (χ0n) is 10.4. The van der Waals surface area contributed by atoms with Gasteiger partial charge in [0.05, 0.1) is 23.2 Å². The number of hydrogen-bond acceptors (Lipinski definition) is 5. The molecule has 1 aliphatic carbocycles. The van der Waals surface area contributed by atoms with Gasteiger partial charge in [-0.1, -0.05) is 0 Å². The van der Waals surface area contributed by atoms with Crippen molar-refractivity contribution in [2.24, 2.45) is 0 Å². The molecule has 110 valence electrons. The highest BCUT2D eigenvalue weighted by Gasteiger charge is 2.45. The Hall–Kier alpha value is -0.670. The number of carboxylic acid groups (broad SMARTS) is 1. The minimum Gasteiger partial charge on any atom is -0.481 e. The van der Waals surface area contributed by atoms with Crippen molar-refractivity contribution in [2.45, 2.75) is 37.0 Å². The van der Waals surface area contributed by atoms with Crippen LogP contribution in [0.5, 0.6) is 0 Å². The van der Waals surface area contributed by atoms with Crippen LogP contribution >= 0.6 is 0 Å². The summed E-state index contributed by atoms with van der Waals surface area (Å²) in [5.74, 6) is -1.50. The highest BCUT2D eigenvalue weighted by molar-refractivity contribution is 7.95. The molecule has 19 heavy (non-hydrogen) atoms. The van der Waals surface area contributed by atoms with Crippen molar-refractivity contribution in [2.75, 3.05) is 18.1 Å². The molecule has 1 saturated heterocycles. The molecule has 1 saturated carbocycles. The van der Waals surface area contributed by atoms with E-state index < -0.39 is 31.1 Å². The molecule has 2 rings (SSSR count). The molecular formula is C10H17NO6S2. The Bertz CT molecular complexity index is 563. The summed E-state index contributed by atoms with van der Waals surface area (Å²) in [5, 5.41) is 7.75. The number of sulfone groups is 1. The molecule has 1 heterocycles. The number of carboxylic acids is 1. The summed E-state index contributed by atoms with van der Waals surface area (Å²) in [4.78, 5) is 10.6. The van der Waals surface area contributed by atoms with E-state index in [-0.39, 0.29) is 36.9 Å². The quantitative estimate of drug-likeness (QED) is 0.704. The van der Waals surface area contributed by atoms with Gasteiger partial charge in [0.15, 0.2) is 9.84 Å². The predicted molar refractivity (Wildman–Crippen MR) is 68.0 cm³/mol. The smallest absolute Gasteiger partial charge is 0.304 e. The lowest BCUT2D eigenvalue weighted by molar-refractivity contribution is -0.137. The van der Waals surface area contributed by atoms with E-state index in [1.807, 2.05) is 0 Å². The summed E-state index contributed by atoms with van der Waals surface area (Å²) in [6.45, 7) is -0.0706. The Morgan fingerprint density at radius 2 is 1.89 bits per heavy atom. The van der Waals surface area contributed by atoms with Crippen molar-refractivity contribution in [3.63, 3.8) is 0 Å². The summed E-state index contributed by atoms with van der Waals surface area (Å²) in [7, 11) is -6.98. The van der Waals surface area contributed by atoms with Gasteiger partial charge in [-0.15, -0.1) is 0 Å². The summed E-state index contributed by atoms with van der Waals surface area (Å²) >= 11 is 0. The summed E-state index contributed by atoms with van der Waals surface area (Å²) < 4.78 is 48.7. The van der Waals surface area contributed by atoms with Crippen LogP contribution in [0.15, 0.2) is 0 Å². The number of aliphatic carboxylic acids is 1. The molecule has 1 atom stereocenters. The normalized spacial score (nSPS) is 26.7. The van der Waals surface area contributed by atoms with Gasteiger partial charge < -0.3 is 5.11 Å². The molecule has 0 aromatic rings. The van der Waals surface area contributed by atoms with Gasteiger partial charge in [0, 0.05) is 12.6 Å². The lowest BCUT2D eigenvalue weighted by Gasteiger charge is -2.24. The number of rotatable bonds is 6. The van der Waals surface area contributed by atoms with Crippen LogP contribution in [-0.4, -0.2) is 61.6 Å². The first-order valence-electron chi connectivity index (χ1n) is 6.15. The van der Waals surface area contributed by atoms with E-state index in [2.05, 4.69) is 0 Å². The fourth-order valence-corrected chi connectivity index (χ4v) is 7.05. The average molecular weight is 311 g/mol. The lowest BCUT2D eigenvalue weighted by Crippen LogP contribution is -2.41. The third-order valence-corrected chi connectivity index (χ3v) is 7.80. The van der Waals surface area contributed by atoms with Crippen molar-refractivity contribution in [3.05, 3.63) is 0 Å². The minimum absolute atomic E-state index is 0.0706. The number of hydrogen-bond donors (Lipinski definition) is 1. The Balaban J connectivity index is 2.13. The van der Waals surface area contributed by atoms with Gasteiger partial charge >= 0.3 is 5.97 Å². The topological polar surface area (TPSA) is 109 Å². The van der Waals surface area contributed by atoms with Gasteiger partial charge in [0.2, 0.25) is 10.0 Å². The van der Waals surface area contributed by atoms with E-state index in [1.165, 1.54) is 4.31 Å². The molecule has 9 heteroatoms. The molecule has 2 fully saturated rings. The molecular weight excluding hydrogens is 294 g/mol. The van der Waals surface area contributed by atoms with E-state index in [9.17, 15) is 21.6 Å². The van der Waals surface area contributed by atoms with Crippen molar-refractivity contribution in [1.29, 1.82) is 0 Å². The Kier molecular flexibility index (Phi) is 3.90. The lowest BCUT2D eigenvalue weighted by atomic mass is 10.4. The van der Waals surface area contributed by atoms with Crippen LogP contribution in [0.25, 0.3) is 0 Å². The minimum atomic E-state index is -3.71. The first-order chi connectivity index (χ1) is 8.72. The second-order valence-corrected chi connectivity index (χ2v) is 9.45. The van der Waals surface area contributed by atoms with Crippen LogP contribution in [0, 0.1) is 0 Å². The SMILES string of the molecule is O=C(O)CCN(C1CC1)S(=O)(=O)C1CCS(=O)(=O)C1. The maximum Gasteiger partial charge on any atom is 0.304 e. The van der Waals surface area contributed by atoms with Crippen LogP contribution in [0.3, 0.4) is 0 Å². The van der Waals surface area contributed by atoms with Crippen LogP contribution in [0.2, 0.25) is 0 Å². The van der Waals surface area contributed by atoms with Gasteiger partial charge in [-0.05, 0) is 19.3 Å². The van der Waals surface area contributed by atoms with E-state index in [0.29, 0.717) is 0 Å². The second-order valence-electron chi connectivity index (χ2n) is 5.06. The Labute approximate surface area is 112 Å². The molecule has 2 aliphatic rings. The summed E-state index contributed by atoms with van der Waals surface area (Å²) in [6, 6.07) is -0.146. The molecule has 1 unspecified atom stereocenters. The number of sulfonamides is 1. The fourth-order valence-electron chi connectivity index (χ4n) is 2.27. The third kappa shape index (κ3) is 3.46. The molecule has 0 spiro atoms. The fraction of sp³-hybridized carbons (Fsp3) is 0.900. The van der Waals surface area contributed by atoms with Crippen LogP contribution in [-0.2, 0) is 24.7 Å². The number of carbonyl (C=O) groups is 1. The number of nitrogens with zero attached hydrogens (tertiary/aromatic N) is 1. The van der Waals surface area contributed by atoms with Crippen LogP contribution < -0.4 is 0 Å². The van der Waals surface area contributed by atoms with E-state index in [0.717, 1.165) is 12.8 Å². The molecule has 0 bridgehead atoms. The van der Waals surface area contributed by atoms with Gasteiger partial charge in [0.25, 0.3) is 0 Å². The molecule has 1 aliphatic heterocycles. The maximum atomic E-state index is 12.4. The standard InChI is InChI=1S/C10H17NO6S2/c12-10(13)3-5-11(8-1-2-8)19(16,17)9-4-6-18(14,15)7-9/h8-9H,1-7H2,(H,12,13). The third-order valence-electron chi connectivity index (χ3n) is 3.44. The van der Waals surface area contributed by atoms with E-state index >= 15 is 0 Å². The molecule has 0 radical (unpaired) electrons. The monoisotopic (exact) mass is 311 g/mol. The van der Waals surface area contributed by atoms with Crippen LogP contribution in [0.4, 0.5) is 0 Å². The van der Waals surface area contributed by atoms with Crippen molar-refractivity contribution in [3.8, 4) is 0 Å². The molecule has 0 aromatic heterocycles. The molecule has 0 amide bonds.